The minimum Gasteiger partial charge on any atom is -0.457 e. The summed E-state index contributed by atoms with van der Waals surface area (Å²) in [6.45, 7) is 4.00. The van der Waals surface area contributed by atoms with Crippen LogP contribution >= 0.6 is 35.0 Å². The fraction of sp³-hybridized carbons (Fsp3) is 0.158. The molecular formula is C19H14Cl2N4O2S. The van der Waals surface area contributed by atoms with Gasteiger partial charge in [-0.15, -0.1) is 0 Å². The summed E-state index contributed by atoms with van der Waals surface area (Å²) in [6, 6.07) is 8.55. The maximum atomic E-state index is 12.4. The van der Waals surface area contributed by atoms with E-state index in [-0.39, 0.29) is 17.3 Å². The molecule has 142 valence electrons. The van der Waals surface area contributed by atoms with Crippen molar-refractivity contribution in [3.05, 3.63) is 51.7 Å². The Morgan fingerprint density at radius 3 is 2.75 bits per heavy atom. The molecule has 4 rings (SSSR count). The Balaban J connectivity index is 1.66. The zero-order valence-corrected chi connectivity index (χ0v) is 17.2. The number of benzene rings is 1. The van der Waals surface area contributed by atoms with E-state index >= 15 is 0 Å². The lowest BCUT2D eigenvalue weighted by Gasteiger charge is -2.19. The highest BCUT2D eigenvalue weighted by Crippen LogP contribution is 2.33. The minimum atomic E-state index is -0.494. The van der Waals surface area contributed by atoms with Crippen molar-refractivity contribution in [2.75, 3.05) is 0 Å². The summed E-state index contributed by atoms with van der Waals surface area (Å²) in [5.41, 5.74) is 0.796. The molecule has 3 heterocycles. The molecule has 1 N–H and O–H groups in total. The van der Waals surface area contributed by atoms with Gasteiger partial charge in [-0.3, -0.25) is 10.2 Å². The summed E-state index contributed by atoms with van der Waals surface area (Å²) in [6.07, 6.45) is 1.49. The number of hydrazone groups is 1. The van der Waals surface area contributed by atoms with Crippen molar-refractivity contribution in [3.8, 4) is 11.3 Å². The van der Waals surface area contributed by atoms with Crippen LogP contribution in [0.4, 0.5) is 0 Å². The molecule has 6 nitrogen and oxygen atoms in total. The van der Waals surface area contributed by atoms with E-state index in [4.69, 9.17) is 33.0 Å². The Hall–Kier alpha value is -2.35. The van der Waals surface area contributed by atoms with E-state index in [9.17, 15) is 4.79 Å². The van der Waals surface area contributed by atoms with E-state index in [0.717, 1.165) is 5.04 Å². The highest BCUT2D eigenvalue weighted by atomic mass is 35.5. The highest BCUT2D eigenvalue weighted by molar-refractivity contribution is 8.27. The van der Waals surface area contributed by atoms with E-state index < -0.39 is 5.91 Å². The average molecular weight is 433 g/mol. The van der Waals surface area contributed by atoms with Gasteiger partial charge in [-0.2, -0.15) is 15.1 Å². The zero-order valence-electron chi connectivity index (χ0n) is 14.9. The van der Waals surface area contributed by atoms with Gasteiger partial charge in [0.2, 0.25) is 5.17 Å². The number of nitrogens with one attached hydrogen (secondary N) is 1. The van der Waals surface area contributed by atoms with Crippen molar-refractivity contribution in [3.63, 3.8) is 0 Å². The molecule has 0 spiro atoms. The molecule has 0 fully saturated rings. The summed E-state index contributed by atoms with van der Waals surface area (Å²) in [5.74, 6) is 0.606. The molecule has 28 heavy (non-hydrogen) atoms. The second kappa shape index (κ2) is 7.24. The number of rotatable bonds is 3. The molecule has 1 aromatic carbocycles. The van der Waals surface area contributed by atoms with E-state index in [1.165, 1.54) is 22.8 Å². The van der Waals surface area contributed by atoms with E-state index in [1.807, 2.05) is 13.8 Å². The molecule has 1 aromatic heterocycles. The summed E-state index contributed by atoms with van der Waals surface area (Å²) < 4.78 is 5.80. The molecule has 0 saturated carbocycles. The first-order valence-electron chi connectivity index (χ1n) is 8.39. The Kier molecular flexibility index (Phi) is 4.91. The van der Waals surface area contributed by atoms with Crippen LogP contribution in [0.1, 0.15) is 19.6 Å². The van der Waals surface area contributed by atoms with Crippen molar-refractivity contribution in [1.82, 2.24) is 5.01 Å². The largest absolute Gasteiger partial charge is 0.457 e. The first kappa shape index (κ1) is 19.0. The summed E-state index contributed by atoms with van der Waals surface area (Å²) in [5, 5.41) is 16.4. The highest BCUT2D eigenvalue weighted by Gasteiger charge is 2.36. The van der Waals surface area contributed by atoms with Gasteiger partial charge in [0.25, 0.3) is 5.91 Å². The Morgan fingerprint density at radius 2 is 2.04 bits per heavy atom. The molecule has 9 heteroatoms. The van der Waals surface area contributed by atoms with Gasteiger partial charge in [-0.1, -0.05) is 37.0 Å². The van der Waals surface area contributed by atoms with Gasteiger partial charge in [-0.05, 0) is 48.2 Å². The molecule has 0 saturated heterocycles. The van der Waals surface area contributed by atoms with Gasteiger partial charge in [0.15, 0.2) is 5.84 Å². The van der Waals surface area contributed by atoms with Crippen molar-refractivity contribution >= 4 is 63.0 Å². The predicted molar refractivity (Wildman–Crippen MR) is 114 cm³/mol. The topological polar surface area (TPSA) is 82.0 Å². The molecule has 0 bridgehead atoms. The number of amides is 1. The van der Waals surface area contributed by atoms with Crippen LogP contribution in [0.15, 0.2) is 50.4 Å². The lowest BCUT2D eigenvalue weighted by molar-refractivity contribution is -0.114. The SMILES string of the molecule is CC(C)C1=NN2C(=N)/C(=C/c3ccc(-c4ccc(Cl)cc4Cl)o3)C(=O)N=C2S1. The lowest BCUT2D eigenvalue weighted by Crippen LogP contribution is -2.35. The Labute approximate surface area is 175 Å². The number of hydrogen-bond donors (Lipinski definition) is 1. The van der Waals surface area contributed by atoms with Crippen LogP contribution in [-0.2, 0) is 4.79 Å². The normalized spacial score (nSPS) is 18.0. The summed E-state index contributed by atoms with van der Waals surface area (Å²) in [7, 11) is 0. The number of halogens is 2. The fourth-order valence-electron chi connectivity index (χ4n) is 2.65. The number of carbonyl (C=O) groups is 1. The maximum Gasteiger partial charge on any atom is 0.283 e. The van der Waals surface area contributed by atoms with Crippen LogP contribution in [-0.4, -0.2) is 27.0 Å². The predicted octanol–water partition coefficient (Wildman–Crippen LogP) is 5.53. The third-order valence-corrected chi connectivity index (χ3v) is 5.83. The number of hydrogen-bond acceptors (Lipinski definition) is 5. The number of aliphatic imine (C=N–C) groups is 1. The molecule has 0 aliphatic carbocycles. The molecular weight excluding hydrogens is 419 g/mol. The minimum absolute atomic E-state index is 0.0272. The van der Waals surface area contributed by atoms with E-state index in [2.05, 4.69) is 10.1 Å². The van der Waals surface area contributed by atoms with Crippen LogP contribution in [0.2, 0.25) is 10.0 Å². The van der Waals surface area contributed by atoms with Gasteiger partial charge in [-0.25, -0.2) is 0 Å². The molecule has 0 radical (unpaired) electrons. The summed E-state index contributed by atoms with van der Waals surface area (Å²) >= 11 is 13.5. The molecule has 2 aliphatic rings. The number of carbonyl (C=O) groups excluding carboxylic acids is 1. The standard InChI is InChI=1S/C19H14Cl2N4O2S/c1-9(2)18-24-25-16(22)13(17(26)23-19(25)28-18)8-11-4-6-15(27-11)12-5-3-10(20)7-14(12)21/h3-9,22H,1-2H3/b13-8-,22-16?. The molecule has 2 aromatic rings. The third kappa shape index (κ3) is 3.41. The van der Waals surface area contributed by atoms with Crippen LogP contribution in [0.3, 0.4) is 0 Å². The number of fused-ring (bicyclic) bond motifs is 1. The van der Waals surface area contributed by atoms with E-state index in [1.54, 1.807) is 30.3 Å². The average Bonchev–Trinajstić information content (AvgIpc) is 3.26. The molecule has 1 amide bonds. The number of nitrogens with zero attached hydrogens (tertiary/aromatic N) is 3. The first-order valence-corrected chi connectivity index (χ1v) is 9.96. The second-order valence-corrected chi connectivity index (χ2v) is 8.27. The van der Waals surface area contributed by atoms with Gasteiger partial charge in [0.05, 0.1) is 10.6 Å². The quantitative estimate of drug-likeness (QED) is 0.646. The second-order valence-electron chi connectivity index (χ2n) is 6.44. The summed E-state index contributed by atoms with van der Waals surface area (Å²) in [4.78, 5) is 16.5. The third-order valence-electron chi connectivity index (χ3n) is 4.07. The number of thioether (sulfide) groups is 1. The van der Waals surface area contributed by atoms with Crippen molar-refractivity contribution in [2.45, 2.75) is 13.8 Å². The van der Waals surface area contributed by atoms with Crippen LogP contribution in [0.25, 0.3) is 17.4 Å². The lowest BCUT2D eigenvalue weighted by atomic mass is 10.1. The Morgan fingerprint density at radius 1 is 1.25 bits per heavy atom. The van der Waals surface area contributed by atoms with Gasteiger partial charge < -0.3 is 4.42 Å². The van der Waals surface area contributed by atoms with Crippen LogP contribution in [0.5, 0.6) is 0 Å². The smallest absolute Gasteiger partial charge is 0.283 e. The monoisotopic (exact) mass is 432 g/mol. The maximum absolute atomic E-state index is 12.4. The van der Waals surface area contributed by atoms with Crippen molar-refractivity contribution in [1.29, 1.82) is 5.41 Å². The number of furan rings is 1. The molecule has 0 atom stereocenters. The molecule has 2 aliphatic heterocycles. The number of amidine groups is 2. The van der Waals surface area contributed by atoms with Gasteiger partial charge in [0.1, 0.15) is 16.6 Å². The van der Waals surface area contributed by atoms with Gasteiger partial charge >= 0.3 is 0 Å². The van der Waals surface area contributed by atoms with Crippen LogP contribution < -0.4 is 0 Å². The fourth-order valence-corrected chi connectivity index (χ4v) is 4.04. The first-order chi connectivity index (χ1) is 13.3. The van der Waals surface area contributed by atoms with Crippen LogP contribution in [0, 0.1) is 11.3 Å². The van der Waals surface area contributed by atoms with E-state index in [0.29, 0.717) is 32.3 Å². The molecule has 0 unspecified atom stereocenters. The Bertz CT molecular complexity index is 1100. The van der Waals surface area contributed by atoms with Crippen molar-refractivity contribution < 1.29 is 9.21 Å². The van der Waals surface area contributed by atoms with Crippen molar-refractivity contribution in [2.24, 2.45) is 16.0 Å². The zero-order chi connectivity index (χ0) is 20.0. The van der Waals surface area contributed by atoms with Gasteiger partial charge in [0, 0.05) is 16.5 Å².